The van der Waals surface area contributed by atoms with Gasteiger partial charge in [-0.25, -0.2) is 9.97 Å². The zero-order valence-electron chi connectivity index (χ0n) is 14.1. The standard InChI is InChI=1S/C18H19Cl2N5S/c19-13-4-1-5-14(16(13)20)26-15-11-23-18(25-10-7-22-17(15)25)24-8-2-3-12(21)6-9-24/h1,4-5,7,10-12H,2-3,6,8-9,21H2/t12-/m1/s1. The van der Waals surface area contributed by atoms with Gasteiger partial charge in [0.05, 0.1) is 14.9 Å². The van der Waals surface area contributed by atoms with Gasteiger partial charge in [-0.1, -0.05) is 41.0 Å². The molecule has 8 heteroatoms. The maximum absolute atomic E-state index is 6.33. The van der Waals surface area contributed by atoms with E-state index in [2.05, 4.69) is 9.88 Å². The number of hydrogen-bond acceptors (Lipinski definition) is 5. The van der Waals surface area contributed by atoms with Crippen molar-refractivity contribution >= 4 is 46.6 Å². The monoisotopic (exact) mass is 407 g/mol. The lowest BCUT2D eigenvalue weighted by molar-refractivity contribution is 0.601. The number of halogens is 2. The quantitative estimate of drug-likeness (QED) is 0.691. The van der Waals surface area contributed by atoms with Crippen molar-refractivity contribution in [2.45, 2.75) is 35.1 Å². The first-order chi connectivity index (χ1) is 12.6. The van der Waals surface area contributed by atoms with Gasteiger partial charge in [-0.05, 0) is 31.4 Å². The van der Waals surface area contributed by atoms with E-state index in [0.717, 1.165) is 53.7 Å². The van der Waals surface area contributed by atoms with E-state index in [1.165, 1.54) is 11.8 Å². The van der Waals surface area contributed by atoms with Crippen LogP contribution in [-0.2, 0) is 0 Å². The molecule has 2 N–H and O–H groups in total. The molecule has 4 rings (SSSR count). The number of aromatic nitrogens is 3. The van der Waals surface area contributed by atoms with Crippen molar-refractivity contribution in [1.82, 2.24) is 14.4 Å². The number of benzene rings is 1. The Morgan fingerprint density at radius 2 is 2.00 bits per heavy atom. The highest BCUT2D eigenvalue weighted by atomic mass is 35.5. The predicted molar refractivity (Wildman–Crippen MR) is 108 cm³/mol. The van der Waals surface area contributed by atoms with Gasteiger partial charge in [0.1, 0.15) is 0 Å². The Morgan fingerprint density at radius 1 is 1.12 bits per heavy atom. The van der Waals surface area contributed by atoms with Crippen molar-refractivity contribution in [3.8, 4) is 0 Å². The molecule has 1 aromatic carbocycles. The van der Waals surface area contributed by atoms with Crippen LogP contribution in [0.2, 0.25) is 10.0 Å². The van der Waals surface area contributed by atoms with Crippen LogP contribution in [0.5, 0.6) is 0 Å². The molecular formula is C18H19Cl2N5S. The van der Waals surface area contributed by atoms with Crippen molar-refractivity contribution in [3.05, 3.63) is 46.8 Å². The van der Waals surface area contributed by atoms with Crippen molar-refractivity contribution < 1.29 is 0 Å². The predicted octanol–water partition coefficient (Wildman–Crippen LogP) is 4.50. The molecule has 0 amide bonds. The minimum absolute atomic E-state index is 0.276. The molecule has 136 valence electrons. The highest BCUT2D eigenvalue weighted by Gasteiger charge is 2.19. The van der Waals surface area contributed by atoms with E-state index in [9.17, 15) is 0 Å². The van der Waals surface area contributed by atoms with Crippen molar-refractivity contribution in [1.29, 1.82) is 0 Å². The molecule has 1 fully saturated rings. The number of anilines is 1. The summed E-state index contributed by atoms with van der Waals surface area (Å²) >= 11 is 14.0. The van der Waals surface area contributed by atoms with E-state index in [-0.39, 0.29) is 6.04 Å². The third-order valence-electron chi connectivity index (χ3n) is 4.57. The molecule has 3 aromatic rings. The van der Waals surface area contributed by atoms with Crippen molar-refractivity contribution in [3.63, 3.8) is 0 Å². The minimum Gasteiger partial charge on any atom is -0.342 e. The lowest BCUT2D eigenvalue weighted by atomic mass is 10.1. The maximum Gasteiger partial charge on any atom is 0.211 e. The van der Waals surface area contributed by atoms with Gasteiger partial charge in [0.25, 0.3) is 0 Å². The topological polar surface area (TPSA) is 59.5 Å². The fourth-order valence-corrected chi connectivity index (χ4v) is 4.60. The smallest absolute Gasteiger partial charge is 0.211 e. The average Bonchev–Trinajstić information content (AvgIpc) is 3.03. The average molecular weight is 408 g/mol. The van der Waals surface area contributed by atoms with Gasteiger partial charge in [0.15, 0.2) is 5.65 Å². The molecule has 1 saturated heterocycles. The van der Waals surface area contributed by atoms with E-state index in [1.807, 2.05) is 28.9 Å². The van der Waals surface area contributed by atoms with E-state index in [0.29, 0.717) is 10.0 Å². The molecule has 3 heterocycles. The fourth-order valence-electron chi connectivity index (χ4n) is 3.19. The number of rotatable bonds is 3. The summed E-state index contributed by atoms with van der Waals surface area (Å²) in [5.74, 6) is 0.910. The van der Waals surface area contributed by atoms with Gasteiger partial charge in [-0.2, -0.15) is 0 Å². The summed E-state index contributed by atoms with van der Waals surface area (Å²) in [6.45, 7) is 1.87. The first-order valence-electron chi connectivity index (χ1n) is 8.58. The second kappa shape index (κ2) is 7.64. The Bertz CT molecular complexity index is 929. The molecule has 0 unspecified atom stereocenters. The lowest BCUT2D eigenvalue weighted by Gasteiger charge is -2.22. The van der Waals surface area contributed by atoms with Gasteiger partial charge in [-0.15, -0.1) is 0 Å². The Kier molecular flexibility index (Phi) is 5.27. The Labute approximate surface area is 166 Å². The van der Waals surface area contributed by atoms with Gasteiger partial charge in [0, 0.05) is 42.6 Å². The lowest BCUT2D eigenvalue weighted by Crippen LogP contribution is -2.28. The zero-order valence-corrected chi connectivity index (χ0v) is 16.4. The van der Waals surface area contributed by atoms with E-state index >= 15 is 0 Å². The number of nitrogens with zero attached hydrogens (tertiary/aromatic N) is 4. The van der Waals surface area contributed by atoms with Gasteiger partial charge >= 0.3 is 0 Å². The Morgan fingerprint density at radius 3 is 2.88 bits per heavy atom. The summed E-state index contributed by atoms with van der Waals surface area (Å²) in [4.78, 5) is 13.4. The van der Waals surface area contributed by atoms with Crippen LogP contribution in [0.15, 0.2) is 46.6 Å². The van der Waals surface area contributed by atoms with Crippen LogP contribution in [0.3, 0.4) is 0 Å². The molecule has 1 aliphatic rings. The second-order valence-electron chi connectivity index (χ2n) is 6.38. The molecule has 0 saturated carbocycles. The van der Waals surface area contributed by atoms with Crippen LogP contribution in [0.25, 0.3) is 5.65 Å². The number of hydrogen-bond donors (Lipinski definition) is 1. The molecular weight excluding hydrogens is 389 g/mol. The van der Waals surface area contributed by atoms with E-state index < -0.39 is 0 Å². The van der Waals surface area contributed by atoms with Crippen LogP contribution in [0.4, 0.5) is 5.95 Å². The summed E-state index contributed by atoms with van der Waals surface area (Å²) in [7, 11) is 0. The molecule has 5 nitrogen and oxygen atoms in total. The minimum atomic E-state index is 0.276. The number of imidazole rings is 1. The van der Waals surface area contributed by atoms with E-state index in [1.54, 1.807) is 12.3 Å². The van der Waals surface area contributed by atoms with Crippen LogP contribution in [0, 0.1) is 0 Å². The van der Waals surface area contributed by atoms with Crippen LogP contribution in [0.1, 0.15) is 19.3 Å². The highest BCUT2D eigenvalue weighted by molar-refractivity contribution is 7.99. The van der Waals surface area contributed by atoms with Crippen LogP contribution < -0.4 is 10.6 Å². The molecule has 26 heavy (non-hydrogen) atoms. The summed E-state index contributed by atoms with van der Waals surface area (Å²) in [5.41, 5.74) is 6.98. The Hall–Kier alpha value is -1.47. The summed E-state index contributed by atoms with van der Waals surface area (Å²) in [5, 5.41) is 1.09. The molecule has 0 bridgehead atoms. The fraction of sp³-hybridized carbons (Fsp3) is 0.333. The molecule has 1 atom stereocenters. The largest absolute Gasteiger partial charge is 0.342 e. The highest BCUT2D eigenvalue weighted by Crippen LogP contribution is 2.38. The normalized spacial score (nSPS) is 18.3. The molecule has 1 aliphatic heterocycles. The molecule has 0 radical (unpaired) electrons. The van der Waals surface area contributed by atoms with Crippen LogP contribution in [-0.4, -0.2) is 33.5 Å². The van der Waals surface area contributed by atoms with Crippen LogP contribution >= 0.6 is 35.0 Å². The maximum atomic E-state index is 6.33. The van der Waals surface area contributed by atoms with Gasteiger partial charge in [0.2, 0.25) is 5.95 Å². The number of nitrogens with two attached hydrogens (primary N) is 1. The third kappa shape index (κ3) is 3.51. The molecule has 0 spiro atoms. The second-order valence-corrected chi connectivity index (χ2v) is 8.24. The molecule has 2 aromatic heterocycles. The third-order valence-corrected chi connectivity index (χ3v) is 6.56. The van der Waals surface area contributed by atoms with Gasteiger partial charge < -0.3 is 10.6 Å². The van der Waals surface area contributed by atoms with E-state index in [4.69, 9.17) is 33.9 Å². The van der Waals surface area contributed by atoms with Gasteiger partial charge in [-0.3, -0.25) is 4.40 Å². The van der Waals surface area contributed by atoms with Crippen molar-refractivity contribution in [2.75, 3.05) is 18.0 Å². The SMILES string of the molecule is N[C@@H]1CCCN(c2ncc(Sc3cccc(Cl)c3Cl)c3nccn23)CC1. The molecule has 0 aliphatic carbocycles. The number of fused-ring (bicyclic) bond motifs is 1. The summed E-state index contributed by atoms with van der Waals surface area (Å²) in [6, 6.07) is 5.90. The van der Waals surface area contributed by atoms with Crippen molar-refractivity contribution in [2.24, 2.45) is 5.73 Å². The first-order valence-corrected chi connectivity index (χ1v) is 10.1. The Balaban J connectivity index is 1.69. The summed E-state index contributed by atoms with van der Waals surface area (Å²) in [6.07, 6.45) is 8.73. The first kappa shape index (κ1) is 17.9. The zero-order chi connectivity index (χ0) is 18.1. The summed E-state index contributed by atoms with van der Waals surface area (Å²) < 4.78 is 2.04.